The van der Waals surface area contributed by atoms with Gasteiger partial charge < -0.3 is 5.11 Å². The quantitative estimate of drug-likeness (QED) is 0.909. The number of hydrogen-bond donors (Lipinski definition) is 1. The molecule has 1 fully saturated rings. The van der Waals surface area contributed by atoms with Crippen molar-refractivity contribution in [2.45, 2.75) is 57.4 Å². The van der Waals surface area contributed by atoms with Crippen LogP contribution in [0.25, 0.3) is 0 Å². The first kappa shape index (κ1) is 16.5. The van der Waals surface area contributed by atoms with E-state index in [1.165, 1.54) is 0 Å². The van der Waals surface area contributed by atoms with E-state index in [1.54, 1.807) is 22.5 Å². The SMILES string of the molecule is CCC1CCCCCN1S(=O)(=O)Cc1cccc(CO)c1. The largest absolute Gasteiger partial charge is 0.392 e. The molecule has 0 bridgehead atoms. The summed E-state index contributed by atoms with van der Waals surface area (Å²) < 4.78 is 27.2. The number of hydrogen-bond acceptors (Lipinski definition) is 3. The monoisotopic (exact) mass is 311 g/mol. The third-order valence-electron chi connectivity index (χ3n) is 4.17. The summed E-state index contributed by atoms with van der Waals surface area (Å²) in [6.45, 7) is 2.64. The van der Waals surface area contributed by atoms with Crippen LogP contribution in [0.3, 0.4) is 0 Å². The Kier molecular flexibility index (Phi) is 5.79. The summed E-state index contributed by atoms with van der Waals surface area (Å²) in [4.78, 5) is 0. The van der Waals surface area contributed by atoms with E-state index in [1.807, 2.05) is 6.07 Å². The standard InChI is InChI=1S/C16H25NO3S/c1-2-16-9-4-3-5-10-17(16)21(19,20)13-15-8-6-7-14(11-15)12-18/h6-8,11,16,18H,2-5,9-10,12-13H2,1H3. The Labute approximate surface area is 127 Å². The van der Waals surface area contributed by atoms with Gasteiger partial charge in [-0.25, -0.2) is 8.42 Å². The highest BCUT2D eigenvalue weighted by Crippen LogP contribution is 2.24. The van der Waals surface area contributed by atoms with Gasteiger partial charge in [0.2, 0.25) is 10.0 Å². The molecule has 1 heterocycles. The van der Waals surface area contributed by atoms with Crippen molar-refractivity contribution in [2.24, 2.45) is 0 Å². The molecular formula is C16H25NO3S. The summed E-state index contributed by atoms with van der Waals surface area (Å²) >= 11 is 0. The molecule has 5 heteroatoms. The van der Waals surface area contributed by atoms with Crippen molar-refractivity contribution in [1.82, 2.24) is 4.31 Å². The van der Waals surface area contributed by atoms with Gasteiger partial charge in [0.15, 0.2) is 0 Å². The third kappa shape index (κ3) is 4.28. The smallest absolute Gasteiger partial charge is 0.218 e. The Bertz CT molecular complexity index is 556. The van der Waals surface area contributed by atoms with Crippen LogP contribution in [-0.4, -0.2) is 30.4 Å². The Morgan fingerprint density at radius 1 is 1.24 bits per heavy atom. The zero-order valence-electron chi connectivity index (χ0n) is 12.7. The van der Waals surface area contributed by atoms with Crippen LogP contribution in [0.5, 0.6) is 0 Å². The predicted octanol–water partition coefficient (Wildman–Crippen LogP) is 2.66. The first-order chi connectivity index (χ1) is 10.1. The normalized spacial score (nSPS) is 21.1. The van der Waals surface area contributed by atoms with Gasteiger partial charge in [0.25, 0.3) is 0 Å². The number of aliphatic hydroxyl groups is 1. The van der Waals surface area contributed by atoms with Gasteiger partial charge in [-0.15, -0.1) is 0 Å². The van der Waals surface area contributed by atoms with Crippen LogP contribution in [-0.2, 0) is 22.4 Å². The van der Waals surface area contributed by atoms with E-state index in [0.29, 0.717) is 6.54 Å². The number of rotatable bonds is 5. The molecule has 2 rings (SSSR count). The van der Waals surface area contributed by atoms with Gasteiger partial charge in [-0.05, 0) is 30.4 Å². The van der Waals surface area contributed by atoms with Gasteiger partial charge in [-0.1, -0.05) is 44.0 Å². The van der Waals surface area contributed by atoms with Crippen molar-refractivity contribution in [3.63, 3.8) is 0 Å². The maximum atomic E-state index is 12.7. The number of nitrogens with zero attached hydrogens (tertiary/aromatic N) is 1. The minimum atomic E-state index is -3.29. The van der Waals surface area contributed by atoms with E-state index >= 15 is 0 Å². The molecule has 0 aromatic heterocycles. The van der Waals surface area contributed by atoms with E-state index in [2.05, 4.69) is 6.92 Å². The van der Waals surface area contributed by atoms with Crippen LogP contribution in [0.4, 0.5) is 0 Å². The second-order valence-electron chi connectivity index (χ2n) is 5.76. The summed E-state index contributed by atoms with van der Waals surface area (Å²) in [5, 5.41) is 9.17. The van der Waals surface area contributed by atoms with Crippen molar-refractivity contribution in [3.8, 4) is 0 Å². The second-order valence-corrected chi connectivity index (χ2v) is 7.68. The minimum Gasteiger partial charge on any atom is -0.392 e. The molecule has 0 radical (unpaired) electrons. The Balaban J connectivity index is 2.19. The van der Waals surface area contributed by atoms with E-state index in [9.17, 15) is 8.42 Å². The van der Waals surface area contributed by atoms with Crippen molar-refractivity contribution < 1.29 is 13.5 Å². The van der Waals surface area contributed by atoms with Gasteiger partial charge in [-0.2, -0.15) is 4.31 Å². The van der Waals surface area contributed by atoms with Crippen molar-refractivity contribution in [2.75, 3.05) is 6.54 Å². The minimum absolute atomic E-state index is 0.0251. The molecule has 1 aliphatic heterocycles. The van der Waals surface area contributed by atoms with Crippen LogP contribution >= 0.6 is 0 Å². The van der Waals surface area contributed by atoms with E-state index in [4.69, 9.17) is 5.11 Å². The molecule has 118 valence electrons. The highest BCUT2D eigenvalue weighted by molar-refractivity contribution is 7.88. The van der Waals surface area contributed by atoms with Gasteiger partial charge in [0, 0.05) is 12.6 Å². The van der Waals surface area contributed by atoms with E-state index < -0.39 is 10.0 Å². The average molecular weight is 311 g/mol. The molecule has 1 aromatic carbocycles. The first-order valence-corrected chi connectivity index (χ1v) is 9.36. The molecule has 21 heavy (non-hydrogen) atoms. The molecule has 1 saturated heterocycles. The lowest BCUT2D eigenvalue weighted by Gasteiger charge is -2.28. The maximum absolute atomic E-state index is 12.7. The predicted molar refractivity (Wildman–Crippen MR) is 84.2 cm³/mol. The average Bonchev–Trinajstić information content (AvgIpc) is 2.72. The highest BCUT2D eigenvalue weighted by atomic mass is 32.2. The number of benzene rings is 1. The lowest BCUT2D eigenvalue weighted by molar-refractivity contribution is 0.281. The Morgan fingerprint density at radius 3 is 2.71 bits per heavy atom. The van der Waals surface area contributed by atoms with Crippen molar-refractivity contribution in [3.05, 3.63) is 35.4 Å². The lowest BCUT2D eigenvalue weighted by atomic mass is 10.1. The molecule has 1 N–H and O–H groups in total. The summed E-state index contributed by atoms with van der Waals surface area (Å²) in [6, 6.07) is 7.33. The molecule has 1 aromatic rings. The molecule has 0 spiro atoms. The fourth-order valence-corrected chi connectivity index (χ4v) is 4.92. The van der Waals surface area contributed by atoms with Crippen molar-refractivity contribution >= 4 is 10.0 Å². The van der Waals surface area contributed by atoms with E-state index in [0.717, 1.165) is 43.2 Å². The van der Waals surface area contributed by atoms with Crippen LogP contribution in [0.1, 0.15) is 50.2 Å². The highest BCUT2D eigenvalue weighted by Gasteiger charge is 2.30. The summed E-state index contributed by atoms with van der Waals surface area (Å²) in [6.07, 6.45) is 5.02. The topological polar surface area (TPSA) is 57.6 Å². The molecule has 1 atom stereocenters. The zero-order chi connectivity index (χ0) is 15.3. The third-order valence-corrected chi connectivity index (χ3v) is 6.07. The van der Waals surface area contributed by atoms with Crippen LogP contribution in [0.2, 0.25) is 0 Å². The number of aliphatic hydroxyl groups excluding tert-OH is 1. The first-order valence-electron chi connectivity index (χ1n) is 7.75. The molecular weight excluding hydrogens is 286 g/mol. The van der Waals surface area contributed by atoms with Gasteiger partial charge in [0.1, 0.15) is 0 Å². The zero-order valence-corrected chi connectivity index (χ0v) is 13.5. The molecule has 0 saturated carbocycles. The van der Waals surface area contributed by atoms with Crippen molar-refractivity contribution in [1.29, 1.82) is 0 Å². The molecule has 1 unspecified atom stereocenters. The van der Waals surface area contributed by atoms with Gasteiger partial charge in [0.05, 0.1) is 12.4 Å². The van der Waals surface area contributed by atoms with E-state index in [-0.39, 0.29) is 18.4 Å². The Hall–Kier alpha value is -0.910. The fraction of sp³-hybridized carbons (Fsp3) is 0.625. The maximum Gasteiger partial charge on any atom is 0.218 e. The van der Waals surface area contributed by atoms with Crippen LogP contribution in [0, 0.1) is 0 Å². The van der Waals surface area contributed by atoms with Crippen LogP contribution in [0.15, 0.2) is 24.3 Å². The molecule has 0 amide bonds. The fourth-order valence-electron chi connectivity index (χ4n) is 3.04. The molecule has 0 aliphatic carbocycles. The summed E-state index contributed by atoms with van der Waals surface area (Å²) in [5.74, 6) is 0.0251. The lowest BCUT2D eigenvalue weighted by Crippen LogP contribution is -2.40. The summed E-state index contributed by atoms with van der Waals surface area (Å²) in [7, 11) is -3.29. The van der Waals surface area contributed by atoms with Gasteiger partial charge >= 0.3 is 0 Å². The number of sulfonamides is 1. The molecule has 4 nitrogen and oxygen atoms in total. The Morgan fingerprint density at radius 2 is 2.00 bits per heavy atom. The second kappa shape index (κ2) is 7.38. The van der Waals surface area contributed by atoms with Gasteiger partial charge in [-0.3, -0.25) is 0 Å². The summed E-state index contributed by atoms with van der Waals surface area (Å²) in [5.41, 5.74) is 1.51. The van der Waals surface area contributed by atoms with Crippen LogP contribution < -0.4 is 0 Å². The molecule has 1 aliphatic rings.